The van der Waals surface area contributed by atoms with Gasteiger partial charge in [0.2, 0.25) is 0 Å². The van der Waals surface area contributed by atoms with Gasteiger partial charge in [-0.25, -0.2) is 49.8 Å². The second-order valence-electron chi connectivity index (χ2n) is 41.1. The highest BCUT2D eigenvalue weighted by atomic mass is 79.9. The van der Waals surface area contributed by atoms with Crippen LogP contribution in [0.5, 0.6) is 0 Å². The third-order valence-corrected chi connectivity index (χ3v) is 29.2. The van der Waals surface area contributed by atoms with Gasteiger partial charge in [-0.2, -0.15) is 20.4 Å². The highest BCUT2D eigenvalue weighted by Gasteiger charge is 2.38. The third kappa shape index (κ3) is 33.7. The van der Waals surface area contributed by atoms with Crippen LogP contribution in [0.15, 0.2) is 107 Å². The lowest BCUT2D eigenvalue weighted by Gasteiger charge is -2.20. The minimum Gasteiger partial charge on any atom is -0.256 e. The molecule has 0 aromatic carbocycles. The van der Waals surface area contributed by atoms with Crippen molar-refractivity contribution in [3.05, 3.63) is 221 Å². The van der Waals surface area contributed by atoms with E-state index in [2.05, 4.69) is 412 Å². The van der Waals surface area contributed by atoms with Crippen LogP contribution in [0.2, 0.25) is 0 Å². The summed E-state index contributed by atoms with van der Waals surface area (Å²) < 4.78 is 9.67. The molecule has 10 aromatic rings. The molecule has 0 saturated heterocycles. The van der Waals surface area contributed by atoms with Crippen molar-refractivity contribution in [1.29, 1.82) is 0 Å². The maximum absolute atomic E-state index is 4.62. The van der Waals surface area contributed by atoms with Crippen LogP contribution in [0.4, 0.5) is 0 Å². The largest absolute Gasteiger partial charge is 0.256 e. The Kier molecular flexibility index (Phi) is 40.2. The lowest BCUT2D eigenvalue weighted by molar-refractivity contribution is 0.553. The summed E-state index contributed by atoms with van der Waals surface area (Å²) in [6, 6.07) is 2.05. The first-order chi connectivity index (χ1) is 62.4. The molecule has 20 nitrogen and oxygen atoms in total. The molecule has 0 radical (unpaired) electrons. The molecule has 0 atom stereocenters. The first-order valence-corrected chi connectivity index (χ1v) is 55.6. The van der Waals surface area contributed by atoms with Crippen molar-refractivity contribution in [3.8, 4) is 0 Å². The lowest BCUT2D eigenvalue weighted by atomic mass is 9.89. The van der Waals surface area contributed by atoms with Crippen molar-refractivity contribution in [2.75, 3.05) is 0 Å². The van der Waals surface area contributed by atoms with Gasteiger partial charge in [0, 0.05) is 115 Å². The predicted molar refractivity (Wildman–Crippen MR) is 567 cm³/mol. The summed E-state index contributed by atoms with van der Waals surface area (Å²) in [6.07, 6.45) is 42.3. The zero-order valence-electron chi connectivity index (χ0n) is 81.0. The molecular weight excluding hydrogens is 2300 g/mol. The number of hydrogen-bond acceptors (Lipinski definition) is 20. The fourth-order valence-electron chi connectivity index (χ4n) is 14.1. The van der Waals surface area contributed by atoms with E-state index in [-0.39, 0.29) is 10.8 Å². The Morgan fingerprint density at radius 3 is 1.21 bits per heavy atom. The number of halogens is 10. The molecule has 10 fully saturated rings. The number of aromatic nitrogens is 20. The second kappa shape index (κ2) is 49.1. The Morgan fingerprint density at radius 2 is 0.705 bits per heavy atom. The molecule has 0 aliphatic heterocycles. The number of hydrogen-bond donors (Lipinski definition) is 0. The first kappa shape index (κ1) is 108. The maximum Gasteiger partial charge on any atom is 0.132 e. The van der Waals surface area contributed by atoms with E-state index >= 15 is 0 Å². The fraction of sp³-hybridized carbons (Fsp3) is 0.608. The van der Waals surface area contributed by atoms with E-state index in [0.717, 1.165) is 110 Å². The van der Waals surface area contributed by atoms with Gasteiger partial charge in [0.05, 0.1) is 127 Å². The quantitative estimate of drug-likeness (QED) is 0.0723. The topological polar surface area (TPSA) is 258 Å². The van der Waals surface area contributed by atoms with E-state index in [1.165, 1.54) is 178 Å². The molecular formula is C102H134Br10N20. The molecule has 712 valence electrons. The summed E-state index contributed by atoms with van der Waals surface area (Å²) in [5, 5.41) is 16.5. The van der Waals surface area contributed by atoms with Gasteiger partial charge in [-0.05, 0) is 340 Å². The lowest BCUT2D eigenvalue weighted by Crippen LogP contribution is -2.17. The molecule has 10 aromatic heterocycles. The molecule has 0 N–H and O–H groups in total. The molecule has 0 spiro atoms. The molecule has 30 heteroatoms. The highest BCUT2D eigenvalue weighted by Crippen LogP contribution is 2.50. The number of nitrogens with zero attached hydrogens (tertiary/aromatic N) is 20. The van der Waals surface area contributed by atoms with Crippen molar-refractivity contribution < 1.29 is 0 Å². The molecule has 0 amide bonds. The van der Waals surface area contributed by atoms with Crippen LogP contribution in [0.3, 0.4) is 0 Å². The monoisotopic (exact) mass is 2430 g/mol. The fourth-order valence-corrected chi connectivity index (χ4v) is 19.9. The van der Waals surface area contributed by atoms with Crippen molar-refractivity contribution in [1.82, 2.24) is 100 Å². The summed E-state index contributed by atoms with van der Waals surface area (Å²) in [5.41, 5.74) is 21.3. The Morgan fingerprint density at radius 1 is 0.258 bits per heavy atom. The zero-order valence-corrected chi connectivity index (χ0v) is 96.9. The first-order valence-electron chi connectivity index (χ1n) is 47.7. The molecule has 10 heterocycles. The molecule has 20 rings (SSSR count). The molecule has 0 unspecified atom stereocenters. The molecule has 10 saturated carbocycles. The summed E-state index contributed by atoms with van der Waals surface area (Å²) in [7, 11) is 0. The third-order valence-electron chi connectivity index (χ3n) is 23.5. The summed E-state index contributed by atoms with van der Waals surface area (Å²) >= 11 is 34.7. The van der Waals surface area contributed by atoms with E-state index in [0.29, 0.717) is 107 Å². The minimum atomic E-state index is 0.0920. The predicted octanol–water partition coefficient (Wildman–Crippen LogP) is 32.7. The average molecular weight is 2440 g/mol. The summed E-state index contributed by atoms with van der Waals surface area (Å²) in [4.78, 5) is 71.6. The van der Waals surface area contributed by atoms with Crippen molar-refractivity contribution >= 4 is 159 Å². The Balaban J connectivity index is 0.000000141. The van der Waals surface area contributed by atoms with Gasteiger partial charge in [0.25, 0.3) is 0 Å². The normalized spacial score (nSPS) is 16.7. The van der Waals surface area contributed by atoms with Gasteiger partial charge < -0.3 is 0 Å². The van der Waals surface area contributed by atoms with Gasteiger partial charge in [-0.3, -0.25) is 29.9 Å². The molecule has 10 aliphatic carbocycles. The van der Waals surface area contributed by atoms with E-state index in [1.54, 1.807) is 12.4 Å². The Hall–Kier alpha value is -4.40. The number of rotatable bonds is 18. The van der Waals surface area contributed by atoms with Gasteiger partial charge in [-0.1, -0.05) is 152 Å². The Bertz CT molecular complexity index is 5220. The Labute approximate surface area is 870 Å². The summed E-state index contributed by atoms with van der Waals surface area (Å²) in [5.74, 6) is 12.4. The minimum absolute atomic E-state index is 0.0920. The van der Waals surface area contributed by atoms with Gasteiger partial charge in [0.15, 0.2) is 0 Å². The average Bonchev–Trinajstić information content (AvgIpc) is 1.72. The van der Waals surface area contributed by atoms with E-state index in [4.69, 9.17) is 0 Å². The second-order valence-corrected chi connectivity index (χ2v) is 49.1. The van der Waals surface area contributed by atoms with Crippen LogP contribution in [0, 0.1) is 0 Å². The maximum atomic E-state index is 4.62. The van der Waals surface area contributed by atoms with E-state index in [1.807, 2.05) is 49.4 Å². The van der Waals surface area contributed by atoms with Crippen molar-refractivity contribution in [2.45, 2.75) is 398 Å². The molecule has 132 heavy (non-hydrogen) atoms. The van der Waals surface area contributed by atoms with Crippen LogP contribution in [0.1, 0.15) is 501 Å². The van der Waals surface area contributed by atoms with E-state index in [9.17, 15) is 0 Å². The van der Waals surface area contributed by atoms with Gasteiger partial charge in [-0.15, -0.1) is 0 Å². The SMILES string of the molecule is CC(C)(C)c1nc(Br)cnc1C1CC1.CC(C)(C)c1ncc(Br)nc1C1CC1.CC(C)c1c(Br)cnnc1C1CC1.CC(C)c1cnc(Br)c(C2CC2)n1.CC(C)c1cnc(C2CC2)c(Br)n1.CC(C)c1cnnc(C2CC2)c1Br.CC(C)c1nc(Br)cc(C2CC2)n1.CC(C)c1nc(C2CC2)cnc1Br.CC(C)c1ncc(Br)c(C2CC2)n1.CC(C)c1ncc(C2CC2)nc1Br. The molecule has 10 aliphatic rings. The van der Waals surface area contributed by atoms with Crippen LogP contribution >= 0.6 is 159 Å². The summed E-state index contributed by atoms with van der Waals surface area (Å²) in [6.45, 7) is 47.5. The van der Waals surface area contributed by atoms with Gasteiger partial charge in [0.1, 0.15) is 43.9 Å². The van der Waals surface area contributed by atoms with Crippen molar-refractivity contribution in [2.24, 2.45) is 0 Å². The van der Waals surface area contributed by atoms with Crippen LogP contribution in [-0.2, 0) is 10.8 Å². The van der Waals surface area contributed by atoms with Crippen LogP contribution in [0.25, 0.3) is 0 Å². The standard InChI is InChI=1S/2C11H15BrN2.8C10H13BrN2/c1-11(2,3)10-9(7-4-5-7)14-8(12)6-13-10;1-11(2,3)10-9(7-4-5-7)13-6-8(12)14-10;1-6(2)10-12-5-8(11)9(13-10)7-3-4-7;1-6(2)9-8(11)5-12-13-10(9)7-3-4-7;1-6(2)9-10(11)12-5-8(13-9)7-3-4-7;1-6(2)9-10(11)13-8(5-12-9)7-3-4-7;1-6(2)10-12-8(7-3-4-7)5-9(11)13-10;1-6(2)8-5-12-13-10(9(8)11)7-3-4-7;1-6(2)8-5-12-10(11)9(13-8)7-3-4-7;1-6(2)8-5-12-9(7-3-4-7)10(11)13-8/h2*6-7H,4-5H2,1-3H3;8*5-7H,3-4H2,1-2H3. The zero-order chi connectivity index (χ0) is 96.1. The van der Waals surface area contributed by atoms with E-state index < -0.39 is 0 Å². The van der Waals surface area contributed by atoms with Crippen LogP contribution in [-0.4, -0.2) is 100 Å². The van der Waals surface area contributed by atoms with Crippen molar-refractivity contribution in [3.63, 3.8) is 0 Å². The van der Waals surface area contributed by atoms with Gasteiger partial charge >= 0.3 is 0 Å². The smallest absolute Gasteiger partial charge is 0.132 e. The van der Waals surface area contributed by atoms with Crippen LogP contribution < -0.4 is 0 Å². The highest BCUT2D eigenvalue weighted by molar-refractivity contribution is 9.12. The molecule has 0 bridgehead atoms.